The van der Waals surface area contributed by atoms with Crippen molar-refractivity contribution in [3.05, 3.63) is 47.9 Å². The smallest absolute Gasteiger partial charge is 0.254 e. The fourth-order valence-corrected chi connectivity index (χ4v) is 4.02. The van der Waals surface area contributed by atoms with E-state index in [1.165, 1.54) is 36.5 Å². The molecule has 1 heterocycles. The van der Waals surface area contributed by atoms with Crippen LogP contribution in [0.5, 0.6) is 5.75 Å². The van der Waals surface area contributed by atoms with Gasteiger partial charge in [-0.2, -0.15) is 0 Å². The van der Waals surface area contributed by atoms with Gasteiger partial charge in [-0.05, 0) is 51.1 Å². The molecular formula is C18H24N2O5S. The number of nitrogens with one attached hydrogen (secondary N) is 1. The lowest BCUT2D eigenvalue weighted by Crippen LogP contribution is -2.40. The quantitative estimate of drug-likeness (QED) is 0.832. The van der Waals surface area contributed by atoms with E-state index in [4.69, 9.17) is 9.15 Å². The number of amides is 1. The highest BCUT2D eigenvalue weighted by Gasteiger charge is 2.27. The van der Waals surface area contributed by atoms with Crippen molar-refractivity contribution in [1.82, 2.24) is 9.62 Å². The third kappa shape index (κ3) is 4.86. The van der Waals surface area contributed by atoms with Crippen LogP contribution in [0.1, 0.15) is 36.9 Å². The van der Waals surface area contributed by atoms with Crippen molar-refractivity contribution < 1.29 is 22.4 Å². The number of furan rings is 1. The van der Waals surface area contributed by atoms with Gasteiger partial charge in [0, 0.05) is 18.2 Å². The maximum absolute atomic E-state index is 12.7. The van der Waals surface area contributed by atoms with E-state index in [0.717, 1.165) is 0 Å². The van der Waals surface area contributed by atoms with Gasteiger partial charge in [0.2, 0.25) is 10.0 Å². The Morgan fingerprint density at radius 3 is 2.50 bits per heavy atom. The molecule has 2 rings (SSSR count). The van der Waals surface area contributed by atoms with Crippen LogP contribution in [0.3, 0.4) is 0 Å². The first kappa shape index (κ1) is 20.0. The average molecular weight is 380 g/mol. The molecule has 1 amide bonds. The Kier molecular flexibility index (Phi) is 5.77. The van der Waals surface area contributed by atoms with Gasteiger partial charge in [-0.15, -0.1) is 0 Å². The predicted octanol–water partition coefficient (Wildman–Crippen LogP) is 2.64. The number of carbonyl (C=O) groups is 1. The highest BCUT2D eigenvalue weighted by molar-refractivity contribution is 7.89. The standard InChI is InChI=1S/C18H24N2O5S/c1-18(2,3)19-26(22,23)16-11-13(8-9-15(16)24-5)17(21)20(4)12-14-7-6-10-25-14/h6-11,19H,12H2,1-5H3. The summed E-state index contributed by atoms with van der Waals surface area (Å²) < 4.78 is 38.4. The number of benzene rings is 1. The van der Waals surface area contributed by atoms with Crippen LogP contribution in [0.25, 0.3) is 0 Å². The molecular weight excluding hydrogens is 356 g/mol. The molecule has 1 aromatic heterocycles. The van der Waals surface area contributed by atoms with Crippen LogP contribution < -0.4 is 9.46 Å². The minimum absolute atomic E-state index is 0.0767. The number of carbonyl (C=O) groups excluding carboxylic acids is 1. The lowest BCUT2D eigenvalue weighted by atomic mass is 10.1. The first-order valence-corrected chi connectivity index (χ1v) is 9.52. The number of hydrogen-bond acceptors (Lipinski definition) is 5. The molecule has 0 fully saturated rings. The molecule has 142 valence electrons. The molecule has 0 unspecified atom stereocenters. The fraction of sp³-hybridized carbons (Fsp3) is 0.389. The van der Waals surface area contributed by atoms with Crippen LogP contribution >= 0.6 is 0 Å². The van der Waals surface area contributed by atoms with Crippen molar-refractivity contribution in [2.24, 2.45) is 0 Å². The summed E-state index contributed by atoms with van der Waals surface area (Å²) in [5.74, 6) is 0.486. The molecule has 0 spiro atoms. The highest BCUT2D eigenvalue weighted by Crippen LogP contribution is 2.26. The molecule has 0 atom stereocenters. The minimum Gasteiger partial charge on any atom is -0.495 e. The van der Waals surface area contributed by atoms with Gasteiger partial charge in [0.15, 0.2) is 0 Å². The van der Waals surface area contributed by atoms with Crippen LogP contribution in [0.2, 0.25) is 0 Å². The van der Waals surface area contributed by atoms with Crippen LogP contribution in [0.4, 0.5) is 0 Å². The van der Waals surface area contributed by atoms with E-state index in [0.29, 0.717) is 5.76 Å². The summed E-state index contributed by atoms with van der Waals surface area (Å²) in [5.41, 5.74) is -0.422. The molecule has 2 aromatic rings. The van der Waals surface area contributed by atoms with E-state index in [-0.39, 0.29) is 28.7 Å². The van der Waals surface area contributed by atoms with Gasteiger partial charge in [0.1, 0.15) is 16.4 Å². The van der Waals surface area contributed by atoms with E-state index in [1.807, 2.05) is 0 Å². The summed E-state index contributed by atoms with van der Waals surface area (Å²) in [6, 6.07) is 7.85. The van der Waals surface area contributed by atoms with Gasteiger partial charge in [0.05, 0.1) is 19.9 Å². The maximum Gasteiger partial charge on any atom is 0.254 e. The molecule has 0 aliphatic carbocycles. The Bertz CT molecular complexity index is 867. The Balaban J connectivity index is 2.35. The summed E-state index contributed by atoms with van der Waals surface area (Å²) in [6.45, 7) is 5.50. The van der Waals surface area contributed by atoms with Crippen LogP contribution in [-0.2, 0) is 16.6 Å². The van der Waals surface area contributed by atoms with Crippen LogP contribution in [-0.4, -0.2) is 38.9 Å². The summed E-state index contributed by atoms with van der Waals surface area (Å²) >= 11 is 0. The Labute approximate surface area is 154 Å². The van der Waals surface area contributed by atoms with Crippen molar-refractivity contribution in [2.45, 2.75) is 37.8 Å². The topological polar surface area (TPSA) is 88.8 Å². The number of hydrogen-bond donors (Lipinski definition) is 1. The second-order valence-corrected chi connectivity index (χ2v) is 8.61. The maximum atomic E-state index is 12.7. The number of sulfonamides is 1. The van der Waals surface area contributed by atoms with Crippen LogP contribution in [0.15, 0.2) is 45.9 Å². The third-order valence-electron chi connectivity index (χ3n) is 3.46. The summed E-state index contributed by atoms with van der Waals surface area (Å²) in [7, 11) is -0.850. The average Bonchev–Trinajstić information content (AvgIpc) is 3.04. The second kappa shape index (κ2) is 7.51. The Morgan fingerprint density at radius 1 is 1.27 bits per heavy atom. The number of ether oxygens (including phenoxy) is 1. The zero-order valence-electron chi connectivity index (χ0n) is 15.6. The third-order valence-corrected chi connectivity index (χ3v) is 5.24. The lowest BCUT2D eigenvalue weighted by Gasteiger charge is -2.22. The molecule has 7 nitrogen and oxygen atoms in total. The highest BCUT2D eigenvalue weighted by atomic mass is 32.2. The molecule has 26 heavy (non-hydrogen) atoms. The Morgan fingerprint density at radius 2 is 1.96 bits per heavy atom. The minimum atomic E-state index is -3.86. The lowest BCUT2D eigenvalue weighted by molar-refractivity contribution is 0.0775. The summed E-state index contributed by atoms with van der Waals surface area (Å²) in [4.78, 5) is 14.0. The zero-order chi connectivity index (χ0) is 19.5. The molecule has 0 aliphatic rings. The fourth-order valence-electron chi connectivity index (χ4n) is 2.41. The van der Waals surface area contributed by atoms with Crippen molar-refractivity contribution in [1.29, 1.82) is 0 Å². The van der Waals surface area contributed by atoms with Gasteiger partial charge >= 0.3 is 0 Å². The zero-order valence-corrected chi connectivity index (χ0v) is 16.4. The molecule has 0 saturated heterocycles. The molecule has 0 saturated carbocycles. The number of nitrogens with zero attached hydrogens (tertiary/aromatic N) is 1. The van der Waals surface area contributed by atoms with E-state index in [9.17, 15) is 13.2 Å². The number of rotatable bonds is 6. The van der Waals surface area contributed by atoms with Crippen molar-refractivity contribution in [2.75, 3.05) is 14.2 Å². The molecule has 1 N–H and O–H groups in total. The first-order chi connectivity index (χ1) is 12.0. The molecule has 0 aliphatic heterocycles. The SMILES string of the molecule is COc1ccc(C(=O)N(C)Cc2ccco2)cc1S(=O)(=O)NC(C)(C)C. The van der Waals surface area contributed by atoms with E-state index in [2.05, 4.69) is 4.72 Å². The normalized spacial score (nSPS) is 12.0. The van der Waals surface area contributed by atoms with Gasteiger partial charge in [-0.1, -0.05) is 0 Å². The molecule has 8 heteroatoms. The largest absolute Gasteiger partial charge is 0.495 e. The number of methoxy groups -OCH3 is 1. The van der Waals surface area contributed by atoms with Crippen molar-refractivity contribution in [3.8, 4) is 5.75 Å². The molecule has 0 bridgehead atoms. The molecule has 1 aromatic carbocycles. The second-order valence-electron chi connectivity index (χ2n) is 6.96. The summed E-state index contributed by atoms with van der Waals surface area (Å²) in [5, 5.41) is 0. The van der Waals surface area contributed by atoms with Gasteiger partial charge < -0.3 is 14.1 Å². The predicted molar refractivity (Wildman–Crippen MR) is 97.6 cm³/mol. The van der Waals surface area contributed by atoms with Crippen LogP contribution in [0, 0.1) is 0 Å². The Hall–Kier alpha value is -2.32. The van der Waals surface area contributed by atoms with E-state index in [1.54, 1.807) is 40.0 Å². The van der Waals surface area contributed by atoms with E-state index >= 15 is 0 Å². The van der Waals surface area contributed by atoms with E-state index < -0.39 is 15.6 Å². The first-order valence-electron chi connectivity index (χ1n) is 8.03. The van der Waals surface area contributed by atoms with Gasteiger partial charge in [-0.3, -0.25) is 4.79 Å². The monoisotopic (exact) mass is 380 g/mol. The van der Waals surface area contributed by atoms with Gasteiger partial charge in [0.25, 0.3) is 5.91 Å². The molecule has 0 radical (unpaired) electrons. The summed E-state index contributed by atoms with van der Waals surface area (Å²) in [6.07, 6.45) is 1.53. The van der Waals surface area contributed by atoms with Crippen molar-refractivity contribution in [3.63, 3.8) is 0 Å². The van der Waals surface area contributed by atoms with Gasteiger partial charge in [-0.25, -0.2) is 13.1 Å². The van der Waals surface area contributed by atoms with Crippen molar-refractivity contribution >= 4 is 15.9 Å².